The molecule has 0 aliphatic rings. The number of methoxy groups -OCH3 is 1. The molecular weight excluding hydrogens is 266 g/mol. The Kier molecular flexibility index (Phi) is 5.29. The maximum absolute atomic E-state index is 11.7. The highest BCUT2D eigenvalue weighted by molar-refractivity contribution is 5.91. The molecule has 1 amide bonds. The number of amides is 1. The predicted octanol–water partition coefficient (Wildman–Crippen LogP) is 1.90. The van der Waals surface area contributed by atoms with Crippen molar-refractivity contribution in [2.24, 2.45) is 7.05 Å². The van der Waals surface area contributed by atoms with Gasteiger partial charge in [0, 0.05) is 38.5 Å². The first-order chi connectivity index (χ1) is 10.2. The summed E-state index contributed by atoms with van der Waals surface area (Å²) in [5, 5.41) is 6.88. The van der Waals surface area contributed by atoms with E-state index in [9.17, 15) is 4.79 Å². The van der Waals surface area contributed by atoms with Crippen LogP contribution in [0.2, 0.25) is 0 Å². The summed E-state index contributed by atoms with van der Waals surface area (Å²) in [5.41, 5.74) is 3.07. The fourth-order valence-electron chi connectivity index (χ4n) is 1.87. The lowest BCUT2D eigenvalue weighted by Crippen LogP contribution is -2.20. The van der Waals surface area contributed by atoms with E-state index in [1.54, 1.807) is 24.1 Å². The standard InChI is InChI=1S/C16H19N3O2/c1-19-11-15(10-18-19)7-8-16(20)17-9-13-3-5-14(6-4-13)12-21-2/h3-8,10-11H,9,12H2,1-2H3,(H,17,20)/b8-7+. The van der Waals surface area contributed by atoms with E-state index < -0.39 is 0 Å². The third kappa shape index (κ3) is 4.89. The number of carbonyl (C=O) groups is 1. The summed E-state index contributed by atoms with van der Waals surface area (Å²) in [7, 11) is 3.51. The Balaban J connectivity index is 1.82. The third-order valence-electron chi connectivity index (χ3n) is 2.95. The van der Waals surface area contributed by atoms with E-state index in [-0.39, 0.29) is 5.91 Å². The van der Waals surface area contributed by atoms with Gasteiger partial charge in [0.2, 0.25) is 5.91 Å². The molecule has 0 spiro atoms. The van der Waals surface area contributed by atoms with Gasteiger partial charge in [0.1, 0.15) is 0 Å². The maximum Gasteiger partial charge on any atom is 0.244 e. The number of nitrogens with one attached hydrogen (secondary N) is 1. The van der Waals surface area contributed by atoms with Gasteiger partial charge >= 0.3 is 0 Å². The van der Waals surface area contributed by atoms with Crippen molar-refractivity contribution in [3.05, 3.63) is 59.4 Å². The minimum Gasteiger partial charge on any atom is -0.380 e. The van der Waals surface area contributed by atoms with Crippen molar-refractivity contribution in [3.8, 4) is 0 Å². The Bertz CT molecular complexity index is 615. The molecule has 0 aliphatic carbocycles. The summed E-state index contributed by atoms with van der Waals surface area (Å²) in [6, 6.07) is 7.96. The molecule has 5 heteroatoms. The summed E-state index contributed by atoms with van der Waals surface area (Å²) in [5.74, 6) is -0.125. The van der Waals surface area contributed by atoms with Crippen LogP contribution in [0.5, 0.6) is 0 Å². The van der Waals surface area contributed by atoms with E-state index in [1.165, 1.54) is 6.08 Å². The van der Waals surface area contributed by atoms with E-state index in [0.29, 0.717) is 13.2 Å². The predicted molar refractivity (Wildman–Crippen MR) is 81.2 cm³/mol. The van der Waals surface area contributed by atoms with Crippen molar-refractivity contribution in [2.45, 2.75) is 13.2 Å². The molecule has 1 aromatic carbocycles. The number of nitrogens with zero attached hydrogens (tertiary/aromatic N) is 2. The van der Waals surface area contributed by atoms with Crippen LogP contribution in [0, 0.1) is 0 Å². The fourth-order valence-corrected chi connectivity index (χ4v) is 1.87. The lowest BCUT2D eigenvalue weighted by molar-refractivity contribution is -0.116. The zero-order valence-corrected chi connectivity index (χ0v) is 12.2. The van der Waals surface area contributed by atoms with Crippen LogP contribution in [0.3, 0.4) is 0 Å². The number of aryl methyl sites for hydroxylation is 1. The highest BCUT2D eigenvalue weighted by Gasteiger charge is 1.98. The van der Waals surface area contributed by atoms with E-state index >= 15 is 0 Å². The Morgan fingerprint density at radius 2 is 2.05 bits per heavy atom. The number of aromatic nitrogens is 2. The Morgan fingerprint density at radius 1 is 1.33 bits per heavy atom. The molecule has 1 aromatic heterocycles. The van der Waals surface area contributed by atoms with Crippen LogP contribution in [0.4, 0.5) is 0 Å². The van der Waals surface area contributed by atoms with Gasteiger partial charge < -0.3 is 10.1 Å². The normalized spacial score (nSPS) is 11.0. The van der Waals surface area contributed by atoms with Gasteiger partial charge in [0.05, 0.1) is 12.8 Å². The molecule has 110 valence electrons. The van der Waals surface area contributed by atoms with Gasteiger partial charge in [-0.05, 0) is 17.2 Å². The van der Waals surface area contributed by atoms with Crippen LogP contribution in [0.15, 0.2) is 42.7 Å². The molecular formula is C16H19N3O2. The van der Waals surface area contributed by atoms with Crippen LogP contribution in [0.25, 0.3) is 6.08 Å². The second-order valence-electron chi connectivity index (χ2n) is 4.75. The van der Waals surface area contributed by atoms with Crippen molar-refractivity contribution in [1.29, 1.82) is 0 Å². The van der Waals surface area contributed by atoms with Crippen molar-refractivity contribution < 1.29 is 9.53 Å². The minimum atomic E-state index is -0.125. The van der Waals surface area contributed by atoms with Crippen LogP contribution >= 0.6 is 0 Å². The molecule has 2 rings (SSSR count). The highest BCUT2D eigenvalue weighted by atomic mass is 16.5. The monoisotopic (exact) mass is 285 g/mol. The maximum atomic E-state index is 11.7. The van der Waals surface area contributed by atoms with Gasteiger partial charge in [-0.3, -0.25) is 9.48 Å². The van der Waals surface area contributed by atoms with Crippen LogP contribution in [-0.2, 0) is 29.7 Å². The highest BCUT2D eigenvalue weighted by Crippen LogP contribution is 2.05. The molecule has 0 atom stereocenters. The molecule has 0 saturated heterocycles. The zero-order chi connectivity index (χ0) is 15.1. The second kappa shape index (κ2) is 7.40. The minimum absolute atomic E-state index is 0.125. The molecule has 0 bridgehead atoms. The lowest BCUT2D eigenvalue weighted by atomic mass is 10.1. The molecule has 21 heavy (non-hydrogen) atoms. The molecule has 0 fully saturated rings. The third-order valence-corrected chi connectivity index (χ3v) is 2.95. The quantitative estimate of drug-likeness (QED) is 0.825. The average molecular weight is 285 g/mol. The number of hydrogen-bond donors (Lipinski definition) is 1. The van der Waals surface area contributed by atoms with Gasteiger partial charge in [-0.2, -0.15) is 5.10 Å². The smallest absolute Gasteiger partial charge is 0.244 e. The molecule has 2 aromatic rings. The first-order valence-corrected chi connectivity index (χ1v) is 6.68. The van der Waals surface area contributed by atoms with Crippen LogP contribution < -0.4 is 5.32 Å². The summed E-state index contributed by atoms with van der Waals surface area (Å²) in [4.78, 5) is 11.7. The molecule has 1 N–H and O–H groups in total. The number of benzene rings is 1. The van der Waals surface area contributed by atoms with E-state index in [4.69, 9.17) is 4.74 Å². The summed E-state index contributed by atoms with van der Waals surface area (Å²) in [6.45, 7) is 1.10. The largest absolute Gasteiger partial charge is 0.380 e. The van der Waals surface area contributed by atoms with Crippen molar-refractivity contribution in [3.63, 3.8) is 0 Å². The van der Waals surface area contributed by atoms with E-state index in [2.05, 4.69) is 10.4 Å². The first kappa shape index (κ1) is 15.0. The summed E-state index contributed by atoms with van der Waals surface area (Å²) < 4.78 is 6.75. The fraction of sp³-hybridized carbons (Fsp3) is 0.250. The van der Waals surface area contributed by atoms with Crippen LogP contribution in [0.1, 0.15) is 16.7 Å². The zero-order valence-electron chi connectivity index (χ0n) is 12.2. The lowest BCUT2D eigenvalue weighted by Gasteiger charge is -2.04. The molecule has 1 heterocycles. The van der Waals surface area contributed by atoms with Gasteiger partial charge in [0.25, 0.3) is 0 Å². The Labute approximate surface area is 124 Å². The number of carbonyl (C=O) groups excluding carboxylic acids is 1. The molecule has 0 saturated carbocycles. The van der Waals surface area contributed by atoms with Crippen molar-refractivity contribution >= 4 is 12.0 Å². The van der Waals surface area contributed by atoms with Crippen molar-refractivity contribution in [1.82, 2.24) is 15.1 Å². The Hall–Kier alpha value is -2.40. The van der Waals surface area contributed by atoms with E-state index in [0.717, 1.165) is 16.7 Å². The van der Waals surface area contributed by atoms with Gasteiger partial charge in [-0.25, -0.2) is 0 Å². The molecule has 5 nitrogen and oxygen atoms in total. The SMILES string of the molecule is COCc1ccc(CNC(=O)/C=C/c2cnn(C)c2)cc1. The van der Waals surface area contributed by atoms with Gasteiger partial charge in [-0.15, -0.1) is 0 Å². The number of rotatable bonds is 6. The molecule has 0 aliphatic heterocycles. The van der Waals surface area contributed by atoms with Gasteiger partial charge in [-0.1, -0.05) is 24.3 Å². The van der Waals surface area contributed by atoms with Crippen LogP contribution in [-0.4, -0.2) is 22.8 Å². The summed E-state index contributed by atoms with van der Waals surface area (Å²) >= 11 is 0. The molecule has 0 unspecified atom stereocenters. The van der Waals surface area contributed by atoms with E-state index in [1.807, 2.05) is 37.5 Å². The number of ether oxygens (including phenoxy) is 1. The topological polar surface area (TPSA) is 56.1 Å². The molecule has 0 radical (unpaired) electrons. The van der Waals surface area contributed by atoms with Crippen molar-refractivity contribution in [2.75, 3.05) is 7.11 Å². The summed E-state index contributed by atoms with van der Waals surface area (Å²) in [6.07, 6.45) is 6.80. The average Bonchev–Trinajstić information content (AvgIpc) is 2.90. The first-order valence-electron chi connectivity index (χ1n) is 6.68. The Morgan fingerprint density at radius 3 is 2.67 bits per heavy atom. The number of hydrogen-bond acceptors (Lipinski definition) is 3. The van der Waals surface area contributed by atoms with Gasteiger partial charge in [0.15, 0.2) is 0 Å². The second-order valence-corrected chi connectivity index (χ2v) is 4.75.